The van der Waals surface area contributed by atoms with Gasteiger partial charge in [0.2, 0.25) is 0 Å². The maximum atomic E-state index is 3.57. The van der Waals surface area contributed by atoms with E-state index in [2.05, 4.69) is 31.0 Å². The van der Waals surface area contributed by atoms with E-state index >= 15 is 0 Å². The van der Waals surface area contributed by atoms with Gasteiger partial charge in [-0.1, -0.05) is 6.92 Å². The Labute approximate surface area is 81.7 Å². The van der Waals surface area contributed by atoms with E-state index in [1.54, 1.807) is 0 Å². The normalized spacial score (nSPS) is 39.0. The molecule has 1 heterocycles. The van der Waals surface area contributed by atoms with E-state index in [9.17, 15) is 0 Å². The van der Waals surface area contributed by atoms with Gasteiger partial charge in [0.05, 0.1) is 0 Å². The van der Waals surface area contributed by atoms with Gasteiger partial charge in [0.25, 0.3) is 0 Å². The van der Waals surface area contributed by atoms with E-state index < -0.39 is 0 Å². The van der Waals surface area contributed by atoms with Gasteiger partial charge in [-0.3, -0.25) is 4.90 Å². The molecule has 2 atom stereocenters. The first-order valence-electron chi connectivity index (χ1n) is 5.56. The van der Waals surface area contributed by atoms with Crippen molar-refractivity contribution in [2.45, 2.75) is 45.7 Å². The van der Waals surface area contributed by atoms with Crippen molar-refractivity contribution < 1.29 is 0 Å². The third kappa shape index (κ3) is 2.44. The highest BCUT2D eigenvalue weighted by molar-refractivity contribution is 4.93. The van der Waals surface area contributed by atoms with Crippen LogP contribution in [0.3, 0.4) is 0 Å². The lowest BCUT2D eigenvalue weighted by atomic mass is 10.1. The highest BCUT2D eigenvalue weighted by Gasteiger charge is 2.39. The fourth-order valence-corrected chi connectivity index (χ4v) is 2.48. The lowest BCUT2D eigenvalue weighted by Gasteiger charge is -2.37. The largest absolute Gasteiger partial charge is 0.309 e. The van der Waals surface area contributed by atoms with Crippen molar-refractivity contribution in [2.75, 3.05) is 19.6 Å². The minimum Gasteiger partial charge on any atom is -0.309 e. The molecule has 0 radical (unpaired) electrons. The monoisotopic (exact) mass is 182 g/mol. The Morgan fingerprint density at radius 3 is 2.23 bits per heavy atom. The summed E-state index contributed by atoms with van der Waals surface area (Å²) in [5, 5.41) is 3.57. The first-order chi connectivity index (χ1) is 6.07. The van der Waals surface area contributed by atoms with Gasteiger partial charge in [0, 0.05) is 31.7 Å². The Kier molecular flexibility index (Phi) is 2.37. The number of nitrogens with zero attached hydrogens (tertiary/aromatic N) is 1. The number of hydrogen-bond acceptors (Lipinski definition) is 2. The molecule has 0 aromatic carbocycles. The van der Waals surface area contributed by atoms with E-state index in [1.165, 1.54) is 32.5 Å². The van der Waals surface area contributed by atoms with Crippen LogP contribution < -0.4 is 5.32 Å². The number of rotatable bonds is 2. The molecule has 1 saturated carbocycles. The molecule has 1 saturated heterocycles. The fraction of sp³-hybridized carbons (Fsp3) is 1.00. The van der Waals surface area contributed by atoms with Crippen LogP contribution in [-0.4, -0.2) is 36.6 Å². The average molecular weight is 182 g/mol. The molecule has 0 spiro atoms. The molecule has 76 valence electrons. The Bertz CT molecular complexity index is 177. The summed E-state index contributed by atoms with van der Waals surface area (Å²) in [6.45, 7) is 10.8. The predicted molar refractivity (Wildman–Crippen MR) is 55.8 cm³/mol. The Hall–Kier alpha value is -0.0800. The molecule has 1 aliphatic carbocycles. The Morgan fingerprint density at radius 2 is 1.77 bits per heavy atom. The molecular formula is C11H22N2. The zero-order valence-electron chi connectivity index (χ0n) is 9.14. The van der Waals surface area contributed by atoms with Crippen LogP contribution in [-0.2, 0) is 0 Å². The summed E-state index contributed by atoms with van der Waals surface area (Å²) in [6, 6.07) is 1.34. The lowest BCUT2D eigenvalue weighted by molar-refractivity contribution is 0.148. The average Bonchev–Trinajstić information content (AvgIpc) is 2.64. The van der Waals surface area contributed by atoms with Gasteiger partial charge >= 0.3 is 0 Å². The molecule has 0 bridgehead atoms. The van der Waals surface area contributed by atoms with Gasteiger partial charge in [0.1, 0.15) is 0 Å². The van der Waals surface area contributed by atoms with Crippen LogP contribution in [0.15, 0.2) is 0 Å². The molecule has 0 aromatic rings. The Balaban J connectivity index is 1.84. The molecule has 2 nitrogen and oxygen atoms in total. The summed E-state index contributed by atoms with van der Waals surface area (Å²) in [6.07, 6.45) is 2.89. The second-order valence-corrected chi connectivity index (χ2v) is 5.47. The van der Waals surface area contributed by atoms with E-state index in [-0.39, 0.29) is 0 Å². The summed E-state index contributed by atoms with van der Waals surface area (Å²) in [4.78, 5) is 2.64. The summed E-state index contributed by atoms with van der Waals surface area (Å²) in [5.74, 6) is 0. The zero-order valence-corrected chi connectivity index (χ0v) is 9.14. The lowest BCUT2D eigenvalue weighted by Crippen LogP contribution is -2.55. The smallest absolute Gasteiger partial charge is 0.0169 e. The van der Waals surface area contributed by atoms with Crippen LogP contribution in [0, 0.1) is 5.41 Å². The van der Waals surface area contributed by atoms with Gasteiger partial charge in [-0.25, -0.2) is 0 Å². The second-order valence-electron chi connectivity index (χ2n) is 5.47. The van der Waals surface area contributed by atoms with Gasteiger partial charge in [-0.2, -0.15) is 0 Å². The van der Waals surface area contributed by atoms with Crippen molar-refractivity contribution >= 4 is 0 Å². The first-order valence-corrected chi connectivity index (χ1v) is 5.56. The molecule has 1 N–H and O–H groups in total. The van der Waals surface area contributed by atoms with Crippen molar-refractivity contribution in [2.24, 2.45) is 5.41 Å². The summed E-state index contributed by atoms with van der Waals surface area (Å²) >= 11 is 0. The molecule has 13 heavy (non-hydrogen) atoms. The van der Waals surface area contributed by atoms with Crippen LogP contribution >= 0.6 is 0 Å². The minimum atomic E-state index is 0.672. The van der Waals surface area contributed by atoms with Crippen molar-refractivity contribution in [3.63, 3.8) is 0 Å². The molecule has 1 aliphatic heterocycles. The van der Waals surface area contributed by atoms with Crippen molar-refractivity contribution in [1.29, 1.82) is 0 Å². The maximum Gasteiger partial charge on any atom is 0.0169 e. The number of nitrogens with one attached hydrogen (secondary N) is 1. The van der Waals surface area contributed by atoms with Crippen LogP contribution in [0.2, 0.25) is 0 Å². The highest BCUT2D eigenvalue weighted by atomic mass is 15.2. The standard InChI is InChI=1S/C11H22N2/c1-9-6-13(7-10(2)12-9)8-11(3)4-5-11/h9-10,12H,4-8H2,1-3H3. The van der Waals surface area contributed by atoms with Crippen LogP contribution in [0.5, 0.6) is 0 Å². The van der Waals surface area contributed by atoms with Gasteiger partial charge in [-0.15, -0.1) is 0 Å². The SMILES string of the molecule is CC1CN(CC2(C)CC2)CC(C)N1. The van der Waals surface area contributed by atoms with E-state index in [1.807, 2.05) is 0 Å². The quantitative estimate of drug-likeness (QED) is 0.695. The van der Waals surface area contributed by atoms with Crippen molar-refractivity contribution in [1.82, 2.24) is 10.2 Å². The third-order valence-corrected chi connectivity index (χ3v) is 3.34. The van der Waals surface area contributed by atoms with Crippen molar-refractivity contribution in [3.8, 4) is 0 Å². The molecule has 0 aromatic heterocycles. The summed E-state index contributed by atoms with van der Waals surface area (Å²) < 4.78 is 0. The first kappa shape index (κ1) is 9.47. The molecule has 2 rings (SSSR count). The number of hydrogen-bond donors (Lipinski definition) is 1. The Morgan fingerprint density at radius 1 is 1.23 bits per heavy atom. The van der Waals surface area contributed by atoms with Crippen molar-refractivity contribution in [3.05, 3.63) is 0 Å². The summed E-state index contributed by atoms with van der Waals surface area (Å²) in [7, 11) is 0. The minimum absolute atomic E-state index is 0.672. The number of piperazine rings is 1. The molecule has 0 amide bonds. The maximum absolute atomic E-state index is 3.57. The van der Waals surface area contributed by atoms with E-state index in [0.717, 1.165) is 0 Å². The second kappa shape index (κ2) is 3.25. The van der Waals surface area contributed by atoms with Crippen LogP contribution in [0.1, 0.15) is 33.6 Å². The van der Waals surface area contributed by atoms with E-state index in [0.29, 0.717) is 17.5 Å². The van der Waals surface area contributed by atoms with Gasteiger partial charge in [-0.05, 0) is 32.1 Å². The molecule has 2 heteroatoms. The van der Waals surface area contributed by atoms with Crippen LogP contribution in [0.4, 0.5) is 0 Å². The zero-order chi connectivity index (χ0) is 9.47. The molecule has 2 fully saturated rings. The van der Waals surface area contributed by atoms with E-state index in [4.69, 9.17) is 0 Å². The highest BCUT2D eigenvalue weighted by Crippen LogP contribution is 2.45. The van der Waals surface area contributed by atoms with Crippen LogP contribution in [0.25, 0.3) is 0 Å². The molecular weight excluding hydrogens is 160 g/mol. The third-order valence-electron chi connectivity index (χ3n) is 3.34. The van der Waals surface area contributed by atoms with Gasteiger partial charge < -0.3 is 5.32 Å². The topological polar surface area (TPSA) is 15.3 Å². The predicted octanol–water partition coefficient (Wildman–Crippen LogP) is 1.47. The molecule has 2 aliphatic rings. The molecule has 2 unspecified atom stereocenters. The summed E-state index contributed by atoms with van der Waals surface area (Å²) in [5.41, 5.74) is 0.677. The van der Waals surface area contributed by atoms with Gasteiger partial charge in [0.15, 0.2) is 0 Å². The fourth-order valence-electron chi connectivity index (χ4n) is 2.48.